The number of nitrogens with two attached hydrogens (primary N) is 2. The van der Waals surface area contributed by atoms with Crippen molar-refractivity contribution in [2.75, 3.05) is 25.4 Å². The van der Waals surface area contributed by atoms with Crippen LogP contribution in [0.4, 0.5) is 0 Å². The summed E-state index contributed by atoms with van der Waals surface area (Å²) in [4.78, 5) is 166. The summed E-state index contributed by atoms with van der Waals surface area (Å²) < 4.78 is 0. The van der Waals surface area contributed by atoms with E-state index < -0.39 is 164 Å². The second kappa shape index (κ2) is 34.1. The van der Waals surface area contributed by atoms with Crippen LogP contribution in [0.5, 0.6) is 0 Å². The van der Waals surface area contributed by atoms with Crippen LogP contribution in [0.1, 0.15) is 111 Å². The Labute approximate surface area is 456 Å². The van der Waals surface area contributed by atoms with Crippen molar-refractivity contribution < 1.29 is 78.0 Å². The quantitative estimate of drug-likeness (QED) is 0.0226. The highest BCUT2D eigenvalue weighted by Gasteiger charge is 2.40. The number of hydrogen-bond donors (Lipinski definition) is 16. The first-order valence-electron chi connectivity index (χ1n) is 25.8. The van der Waals surface area contributed by atoms with Crippen molar-refractivity contribution in [2.24, 2.45) is 23.3 Å². The number of nitrogens with zero attached hydrogens (tertiary/aromatic N) is 2. The lowest BCUT2D eigenvalue weighted by Crippen LogP contribution is -2.61. The van der Waals surface area contributed by atoms with Crippen LogP contribution in [0.25, 0.3) is 0 Å². The van der Waals surface area contributed by atoms with E-state index in [1.807, 2.05) is 0 Å². The number of nitrogens with one attached hydrogen (secondary N) is 9. The third-order valence-electron chi connectivity index (χ3n) is 12.3. The number of imidazole rings is 1. The highest BCUT2D eigenvalue weighted by Crippen LogP contribution is 2.21. The van der Waals surface area contributed by atoms with Gasteiger partial charge in [-0.25, -0.2) is 9.78 Å². The molecule has 17 N–H and O–H groups in total. The van der Waals surface area contributed by atoms with E-state index in [0.717, 1.165) is 0 Å². The van der Waals surface area contributed by atoms with Crippen LogP contribution in [0.3, 0.4) is 0 Å². The van der Waals surface area contributed by atoms with Gasteiger partial charge in [0.25, 0.3) is 0 Å². The Hall–Kier alpha value is -6.92. The monoisotopic (exact) mass is 1130 g/mol. The molecule has 2 heterocycles. The molecule has 0 radical (unpaired) electrons. The number of rotatable bonds is 36. The average Bonchev–Trinajstić information content (AvgIpc) is 4.10. The molecular weight excluding hydrogens is 1050 g/mol. The lowest BCUT2D eigenvalue weighted by Gasteiger charge is -2.31. The van der Waals surface area contributed by atoms with Crippen molar-refractivity contribution in [1.29, 1.82) is 0 Å². The molecule has 1 fully saturated rings. The smallest absolute Gasteiger partial charge is 0.326 e. The normalized spacial score (nSPS) is 16.7. The maximum absolute atomic E-state index is 14.4. The molecule has 438 valence electrons. The van der Waals surface area contributed by atoms with Gasteiger partial charge in [0.05, 0.1) is 12.9 Å². The molecule has 0 aromatic carbocycles. The van der Waals surface area contributed by atoms with E-state index in [1.165, 1.54) is 24.3 Å². The van der Waals surface area contributed by atoms with E-state index in [0.29, 0.717) is 18.5 Å². The molecule has 10 atom stereocenters. The highest BCUT2D eigenvalue weighted by atomic mass is 32.1. The van der Waals surface area contributed by atoms with Crippen LogP contribution in [0.2, 0.25) is 0 Å². The van der Waals surface area contributed by atoms with Crippen LogP contribution < -0.4 is 54.0 Å². The second-order valence-corrected chi connectivity index (χ2v) is 20.2. The summed E-state index contributed by atoms with van der Waals surface area (Å²) >= 11 is 4.28. The van der Waals surface area contributed by atoms with Crippen molar-refractivity contribution in [1.82, 2.24) is 57.4 Å². The summed E-state index contributed by atoms with van der Waals surface area (Å²) in [5.41, 5.74) is 11.8. The number of carbonyl (C=O) groups excluding carboxylic acids is 9. The largest absolute Gasteiger partial charge is 0.481 e. The summed E-state index contributed by atoms with van der Waals surface area (Å²) in [5.74, 6) is -12.7. The van der Waals surface area contributed by atoms with Gasteiger partial charge in [0.2, 0.25) is 53.2 Å². The number of H-pyrrole nitrogens is 1. The first-order chi connectivity index (χ1) is 36.7. The van der Waals surface area contributed by atoms with Gasteiger partial charge in [-0.05, 0) is 83.1 Å². The van der Waals surface area contributed by atoms with Crippen LogP contribution in [0, 0.1) is 11.8 Å². The molecule has 1 saturated heterocycles. The standard InChI is InChI=1S/C48H79N13O16S/c1-24(2)17-32(57-40(68)28(50)21-62)43(71)58-33(19-27-20-51-23-52-27)44(72)60-35(22-78)45(73)56-31(9-6-7-15-49)47(75)61-16-8-10-36(61)46(74)55-30(12-14-38(65)66)42(70)54-29(11-13-37(63)64)41(69)53-26(5)39(67)59-34(48(76)77)18-25(3)4/h20,23-26,28-36,62,78H,6-19,21-22,49-50H2,1-5H3,(H,51,52)(H,53,69)(H,54,70)(H,55,74)(H,56,73)(H,57,68)(H,58,71)(H,59,67)(H,60,72)(H,63,64)(H,65,66)(H,76,77)/t26-,28-,29-,30-,31-,32-,33-,34-,35-,36-/m0/s1. The molecular formula is C48H79N13O16S. The summed E-state index contributed by atoms with van der Waals surface area (Å²) in [5, 5.41) is 57.6. The number of aromatic nitrogens is 2. The fraction of sp³-hybridized carbons (Fsp3) is 0.688. The molecule has 1 aliphatic heterocycles. The van der Waals surface area contributed by atoms with Gasteiger partial charge in [-0.1, -0.05) is 27.7 Å². The van der Waals surface area contributed by atoms with Gasteiger partial charge in [-0.3, -0.25) is 52.7 Å². The number of unbranched alkanes of at least 4 members (excludes halogenated alkanes) is 1. The number of thiol groups is 1. The number of aliphatic hydroxyl groups excluding tert-OH is 1. The molecule has 1 aromatic rings. The number of aliphatic hydroxyl groups is 1. The molecule has 0 unspecified atom stereocenters. The van der Waals surface area contributed by atoms with Gasteiger partial charge in [-0.2, -0.15) is 12.6 Å². The summed E-state index contributed by atoms with van der Waals surface area (Å²) in [6, 6.07) is -13.9. The Bertz CT molecular complexity index is 2220. The molecule has 30 heteroatoms. The van der Waals surface area contributed by atoms with Gasteiger partial charge in [0, 0.05) is 43.5 Å². The average molecular weight is 1130 g/mol. The lowest BCUT2D eigenvalue weighted by atomic mass is 10.0. The topological polar surface area (TPSA) is 466 Å². The first kappa shape index (κ1) is 67.2. The molecule has 9 amide bonds. The van der Waals surface area contributed by atoms with Crippen molar-refractivity contribution in [2.45, 2.75) is 172 Å². The van der Waals surface area contributed by atoms with E-state index in [9.17, 15) is 78.0 Å². The number of carbonyl (C=O) groups is 12. The molecule has 0 spiro atoms. The number of aromatic amines is 1. The van der Waals surface area contributed by atoms with Gasteiger partial charge < -0.3 is 84.3 Å². The van der Waals surface area contributed by atoms with Gasteiger partial charge in [0.1, 0.15) is 60.4 Å². The Balaban J connectivity index is 2.36. The summed E-state index contributed by atoms with van der Waals surface area (Å²) in [6.07, 6.45) is 1.39. The summed E-state index contributed by atoms with van der Waals surface area (Å²) in [7, 11) is 0. The number of likely N-dealkylation sites (tertiary alicyclic amines) is 1. The zero-order valence-electron chi connectivity index (χ0n) is 44.6. The zero-order chi connectivity index (χ0) is 58.8. The molecule has 0 saturated carbocycles. The Morgan fingerprint density at radius 1 is 0.654 bits per heavy atom. The van der Waals surface area contributed by atoms with Gasteiger partial charge in [0.15, 0.2) is 0 Å². The highest BCUT2D eigenvalue weighted by molar-refractivity contribution is 7.80. The minimum Gasteiger partial charge on any atom is -0.481 e. The first-order valence-corrected chi connectivity index (χ1v) is 26.4. The second-order valence-electron chi connectivity index (χ2n) is 19.8. The van der Waals surface area contributed by atoms with Crippen molar-refractivity contribution in [3.05, 3.63) is 18.2 Å². The van der Waals surface area contributed by atoms with Crippen molar-refractivity contribution >= 4 is 83.7 Å². The molecule has 2 rings (SSSR count). The van der Waals surface area contributed by atoms with Gasteiger partial charge >= 0.3 is 17.9 Å². The van der Waals surface area contributed by atoms with E-state index in [4.69, 9.17) is 11.5 Å². The van der Waals surface area contributed by atoms with Crippen LogP contribution in [-0.4, -0.2) is 192 Å². The number of hydrogen-bond acceptors (Lipinski definition) is 17. The predicted molar refractivity (Wildman–Crippen MR) is 280 cm³/mol. The molecule has 1 aromatic heterocycles. The molecule has 0 aliphatic carbocycles. The number of carboxylic acids is 3. The minimum absolute atomic E-state index is 0.00303. The van der Waals surface area contributed by atoms with Crippen LogP contribution >= 0.6 is 12.6 Å². The predicted octanol–water partition coefficient (Wildman–Crippen LogP) is -3.87. The Morgan fingerprint density at radius 2 is 1.15 bits per heavy atom. The van der Waals surface area contributed by atoms with E-state index in [2.05, 4.69) is 65.1 Å². The third kappa shape index (κ3) is 23.4. The Morgan fingerprint density at radius 3 is 1.69 bits per heavy atom. The third-order valence-corrected chi connectivity index (χ3v) is 12.7. The lowest BCUT2D eigenvalue weighted by molar-refractivity contribution is -0.143. The van der Waals surface area contributed by atoms with E-state index in [1.54, 1.807) is 27.7 Å². The Kier molecular flexibility index (Phi) is 29.3. The molecule has 1 aliphatic rings. The fourth-order valence-corrected chi connectivity index (χ4v) is 8.39. The maximum Gasteiger partial charge on any atom is 0.326 e. The van der Waals surface area contributed by atoms with E-state index in [-0.39, 0.29) is 69.2 Å². The molecule has 0 bridgehead atoms. The van der Waals surface area contributed by atoms with Crippen LogP contribution in [-0.2, 0) is 64.0 Å². The van der Waals surface area contributed by atoms with Crippen molar-refractivity contribution in [3.8, 4) is 0 Å². The zero-order valence-corrected chi connectivity index (χ0v) is 45.5. The van der Waals surface area contributed by atoms with Gasteiger partial charge in [-0.15, -0.1) is 0 Å². The number of aliphatic carboxylic acids is 3. The minimum atomic E-state index is -1.68. The number of carboxylic acid groups (broad SMARTS) is 3. The summed E-state index contributed by atoms with van der Waals surface area (Å²) in [6.45, 7) is 7.80. The van der Waals surface area contributed by atoms with Crippen LogP contribution in [0.15, 0.2) is 12.5 Å². The molecule has 78 heavy (non-hydrogen) atoms. The maximum atomic E-state index is 14.4. The SMILES string of the molecule is CC(C)C[C@H](NC(=O)[C@H](C)NC(=O)[C@H](CCC(=O)O)NC(=O)[C@H](CCC(=O)O)NC(=O)[C@@H]1CCCN1C(=O)[C@H](CCCCN)NC(=O)[C@H](CS)NC(=O)[C@H](Cc1cnc[nH]1)NC(=O)[C@H](CC(C)C)NC(=O)[C@@H](N)CO)C(=O)O. The van der Waals surface area contributed by atoms with Crippen molar-refractivity contribution in [3.63, 3.8) is 0 Å². The fourth-order valence-electron chi connectivity index (χ4n) is 8.14. The number of amides is 9. The van der Waals surface area contributed by atoms with E-state index >= 15 is 0 Å². The molecule has 29 nitrogen and oxygen atoms in total.